The number of ether oxygens (including phenoxy) is 2. The van der Waals surface area contributed by atoms with E-state index in [9.17, 15) is 13.6 Å². The fourth-order valence-corrected chi connectivity index (χ4v) is 1.37. The Labute approximate surface area is 95.1 Å². The molecule has 88 valence electrons. The monoisotopic (exact) mass is 251 g/mol. The predicted octanol–water partition coefficient (Wildman–Crippen LogP) is 2.43. The second-order valence-corrected chi connectivity index (χ2v) is 3.20. The first-order valence-electron chi connectivity index (χ1n) is 4.16. The van der Waals surface area contributed by atoms with Crippen molar-refractivity contribution in [2.45, 2.75) is 13.5 Å². The summed E-state index contributed by atoms with van der Waals surface area (Å²) in [7, 11) is 1.13. The fraction of sp³-hybridized carbons (Fsp3) is 0.333. The summed E-state index contributed by atoms with van der Waals surface area (Å²) in [4.78, 5) is 14.8. The summed E-state index contributed by atoms with van der Waals surface area (Å²) in [6.45, 7) is -1.58. The summed E-state index contributed by atoms with van der Waals surface area (Å²) in [6.07, 6.45) is 0. The molecule has 0 aromatic carbocycles. The molecule has 0 saturated carbocycles. The van der Waals surface area contributed by atoms with Crippen molar-refractivity contribution in [3.63, 3.8) is 0 Å². The summed E-state index contributed by atoms with van der Waals surface area (Å²) in [5.74, 6) is -1.34. The SMILES string of the molecule is COC(=O)c1c(C)cc(Cl)nc1OC(F)F. The normalized spacial score (nSPS) is 10.4. The molecular formula is C9H8ClF2NO3. The minimum absolute atomic E-state index is 0.0409. The molecule has 1 heterocycles. The number of hydrogen-bond donors (Lipinski definition) is 0. The standard InChI is InChI=1S/C9H8ClF2NO3/c1-4-3-5(10)13-7(16-9(11)12)6(4)8(14)15-2/h3,9H,1-2H3. The first-order valence-corrected chi connectivity index (χ1v) is 4.53. The number of halogens is 3. The maximum atomic E-state index is 12.1. The molecule has 0 saturated heterocycles. The maximum Gasteiger partial charge on any atom is 0.388 e. The number of alkyl halides is 2. The molecule has 0 aliphatic rings. The molecule has 1 aromatic heterocycles. The van der Waals surface area contributed by atoms with Crippen LogP contribution in [0.5, 0.6) is 5.88 Å². The Kier molecular flexibility index (Phi) is 4.00. The van der Waals surface area contributed by atoms with Crippen molar-refractivity contribution in [2.24, 2.45) is 0 Å². The maximum absolute atomic E-state index is 12.1. The summed E-state index contributed by atoms with van der Waals surface area (Å²) in [6, 6.07) is 1.35. The lowest BCUT2D eigenvalue weighted by molar-refractivity contribution is -0.0534. The number of carbonyl (C=O) groups is 1. The molecule has 16 heavy (non-hydrogen) atoms. The van der Waals surface area contributed by atoms with E-state index in [4.69, 9.17) is 11.6 Å². The minimum atomic E-state index is -3.09. The molecule has 0 unspecified atom stereocenters. The molecule has 0 N–H and O–H groups in total. The van der Waals surface area contributed by atoms with Crippen LogP contribution in [0.3, 0.4) is 0 Å². The van der Waals surface area contributed by atoms with Gasteiger partial charge < -0.3 is 9.47 Å². The number of hydrogen-bond acceptors (Lipinski definition) is 4. The van der Waals surface area contributed by atoms with Gasteiger partial charge in [-0.2, -0.15) is 8.78 Å². The van der Waals surface area contributed by atoms with Gasteiger partial charge in [-0.25, -0.2) is 9.78 Å². The van der Waals surface area contributed by atoms with Crippen molar-refractivity contribution < 1.29 is 23.0 Å². The number of aromatic nitrogens is 1. The summed E-state index contributed by atoms with van der Waals surface area (Å²) < 4.78 is 32.7. The third-order valence-electron chi connectivity index (χ3n) is 1.74. The number of aryl methyl sites for hydroxylation is 1. The lowest BCUT2D eigenvalue weighted by atomic mass is 10.1. The number of carbonyl (C=O) groups excluding carboxylic acids is 1. The van der Waals surface area contributed by atoms with Crippen LogP contribution >= 0.6 is 11.6 Å². The van der Waals surface area contributed by atoms with Crippen LogP contribution in [-0.4, -0.2) is 24.7 Å². The van der Waals surface area contributed by atoms with Crippen molar-refractivity contribution in [2.75, 3.05) is 7.11 Å². The van der Waals surface area contributed by atoms with Crippen LogP contribution in [0.4, 0.5) is 8.78 Å². The van der Waals surface area contributed by atoms with Gasteiger partial charge in [-0.3, -0.25) is 0 Å². The predicted molar refractivity (Wildman–Crippen MR) is 52.0 cm³/mol. The lowest BCUT2D eigenvalue weighted by Crippen LogP contribution is -2.12. The Hall–Kier alpha value is -1.43. The van der Waals surface area contributed by atoms with Crippen LogP contribution < -0.4 is 4.74 Å². The molecule has 7 heteroatoms. The van der Waals surface area contributed by atoms with Crippen molar-refractivity contribution in [3.05, 3.63) is 22.3 Å². The zero-order valence-corrected chi connectivity index (χ0v) is 9.22. The average Bonchev–Trinajstić information content (AvgIpc) is 2.14. The van der Waals surface area contributed by atoms with Crippen LogP contribution in [-0.2, 0) is 4.74 Å². The molecule has 0 aliphatic heterocycles. The van der Waals surface area contributed by atoms with Gasteiger partial charge in [0.15, 0.2) is 0 Å². The Morgan fingerprint density at radius 3 is 2.69 bits per heavy atom. The van der Waals surface area contributed by atoms with E-state index in [1.807, 2.05) is 0 Å². The van der Waals surface area contributed by atoms with Crippen LogP contribution in [0.1, 0.15) is 15.9 Å². The molecule has 0 spiro atoms. The molecule has 1 rings (SSSR count). The van der Waals surface area contributed by atoms with Gasteiger partial charge in [0.2, 0.25) is 5.88 Å². The first kappa shape index (κ1) is 12.6. The molecule has 0 bridgehead atoms. The van der Waals surface area contributed by atoms with Gasteiger partial charge in [0.1, 0.15) is 10.7 Å². The van der Waals surface area contributed by atoms with E-state index in [1.165, 1.54) is 13.0 Å². The highest BCUT2D eigenvalue weighted by Crippen LogP contribution is 2.25. The third kappa shape index (κ3) is 2.79. The molecule has 0 radical (unpaired) electrons. The van der Waals surface area contributed by atoms with Crippen LogP contribution in [0.15, 0.2) is 6.07 Å². The van der Waals surface area contributed by atoms with Crippen molar-refractivity contribution in [1.82, 2.24) is 4.98 Å². The Balaban J connectivity index is 3.26. The van der Waals surface area contributed by atoms with E-state index in [-0.39, 0.29) is 10.7 Å². The number of rotatable bonds is 3. The van der Waals surface area contributed by atoms with E-state index >= 15 is 0 Å². The number of methoxy groups -OCH3 is 1. The minimum Gasteiger partial charge on any atom is -0.465 e. The Morgan fingerprint density at radius 1 is 1.56 bits per heavy atom. The Morgan fingerprint density at radius 2 is 2.19 bits per heavy atom. The Bertz CT molecular complexity index is 412. The van der Waals surface area contributed by atoms with E-state index in [1.54, 1.807) is 0 Å². The summed E-state index contributed by atoms with van der Waals surface area (Å²) >= 11 is 5.57. The van der Waals surface area contributed by atoms with E-state index in [0.717, 1.165) is 7.11 Å². The second-order valence-electron chi connectivity index (χ2n) is 2.81. The van der Waals surface area contributed by atoms with Gasteiger partial charge in [0.05, 0.1) is 7.11 Å². The summed E-state index contributed by atoms with van der Waals surface area (Å²) in [5.41, 5.74) is 0.190. The molecule has 1 aromatic rings. The fourth-order valence-electron chi connectivity index (χ4n) is 1.12. The molecule has 4 nitrogen and oxygen atoms in total. The van der Waals surface area contributed by atoms with Crippen molar-refractivity contribution >= 4 is 17.6 Å². The molecule has 0 aliphatic carbocycles. The van der Waals surface area contributed by atoms with Crippen molar-refractivity contribution in [3.8, 4) is 5.88 Å². The van der Waals surface area contributed by atoms with Gasteiger partial charge in [-0.05, 0) is 18.6 Å². The zero-order valence-electron chi connectivity index (χ0n) is 8.46. The van der Waals surface area contributed by atoms with E-state index in [2.05, 4.69) is 14.5 Å². The molecule has 0 fully saturated rings. The number of pyridine rings is 1. The third-order valence-corrected chi connectivity index (χ3v) is 1.94. The van der Waals surface area contributed by atoms with Gasteiger partial charge in [-0.1, -0.05) is 11.6 Å². The van der Waals surface area contributed by atoms with Gasteiger partial charge >= 0.3 is 12.6 Å². The second kappa shape index (κ2) is 5.07. The van der Waals surface area contributed by atoms with Crippen LogP contribution in [0.25, 0.3) is 0 Å². The molecule has 0 atom stereocenters. The highest BCUT2D eigenvalue weighted by molar-refractivity contribution is 6.29. The highest BCUT2D eigenvalue weighted by atomic mass is 35.5. The van der Waals surface area contributed by atoms with Crippen molar-refractivity contribution in [1.29, 1.82) is 0 Å². The van der Waals surface area contributed by atoms with E-state index in [0.29, 0.717) is 5.56 Å². The lowest BCUT2D eigenvalue weighted by Gasteiger charge is -2.10. The largest absolute Gasteiger partial charge is 0.465 e. The van der Waals surface area contributed by atoms with Gasteiger partial charge in [-0.15, -0.1) is 0 Å². The van der Waals surface area contributed by atoms with Gasteiger partial charge in [0, 0.05) is 0 Å². The number of nitrogens with zero attached hydrogens (tertiary/aromatic N) is 1. The molecule has 0 amide bonds. The highest BCUT2D eigenvalue weighted by Gasteiger charge is 2.21. The van der Waals surface area contributed by atoms with E-state index < -0.39 is 18.5 Å². The number of esters is 1. The zero-order chi connectivity index (χ0) is 12.3. The quantitative estimate of drug-likeness (QED) is 0.611. The van der Waals surface area contributed by atoms with Crippen LogP contribution in [0, 0.1) is 6.92 Å². The molecular weight excluding hydrogens is 244 g/mol. The summed E-state index contributed by atoms with van der Waals surface area (Å²) in [5, 5.41) is -0.0409. The first-order chi connectivity index (χ1) is 7.45. The van der Waals surface area contributed by atoms with Crippen LogP contribution in [0.2, 0.25) is 5.15 Å². The van der Waals surface area contributed by atoms with Gasteiger partial charge in [0.25, 0.3) is 0 Å². The topological polar surface area (TPSA) is 48.4 Å². The smallest absolute Gasteiger partial charge is 0.388 e. The average molecular weight is 252 g/mol.